The van der Waals surface area contributed by atoms with Gasteiger partial charge in [0.25, 0.3) is 5.91 Å². The lowest BCUT2D eigenvalue weighted by Gasteiger charge is -2.04. The van der Waals surface area contributed by atoms with Crippen LogP contribution in [0.5, 0.6) is 0 Å². The molecule has 0 spiro atoms. The molecule has 6 heteroatoms. The SMILES string of the molecule is Cc1cccc(Cn2cc(NC(=O)c3c(C)nn(C)c3C)cn2)c1. The summed E-state index contributed by atoms with van der Waals surface area (Å²) in [4.78, 5) is 12.5. The van der Waals surface area contributed by atoms with E-state index in [-0.39, 0.29) is 5.91 Å². The van der Waals surface area contributed by atoms with Crippen LogP contribution in [0.1, 0.15) is 32.9 Å². The normalized spacial score (nSPS) is 10.8. The van der Waals surface area contributed by atoms with Gasteiger partial charge in [0.15, 0.2) is 0 Å². The average molecular weight is 323 g/mol. The molecular formula is C18H21N5O. The molecule has 6 nitrogen and oxygen atoms in total. The van der Waals surface area contributed by atoms with Gasteiger partial charge in [-0.05, 0) is 26.3 Å². The second-order valence-electron chi connectivity index (χ2n) is 6.04. The first-order valence-corrected chi connectivity index (χ1v) is 7.83. The van der Waals surface area contributed by atoms with Gasteiger partial charge in [0.2, 0.25) is 0 Å². The summed E-state index contributed by atoms with van der Waals surface area (Å²) >= 11 is 0. The Morgan fingerprint density at radius 3 is 2.71 bits per heavy atom. The van der Waals surface area contributed by atoms with Gasteiger partial charge in [0.05, 0.1) is 29.7 Å². The van der Waals surface area contributed by atoms with Gasteiger partial charge >= 0.3 is 0 Å². The second-order valence-corrected chi connectivity index (χ2v) is 6.04. The molecule has 0 saturated heterocycles. The maximum absolute atomic E-state index is 12.5. The lowest BCUT2D eigenvalue weighted by Crippen LogP contribution is -2.13. The van der Waals surface area contributed by atoms with Crippen molar-refractivity contribution in [2.45, 2.75) is 27.3 Å². The molecule has 124 valence electrons. The van der Waals surface area contributed by atoms with Gasteiger partial charge in [-0.25, -0.2) is 0 Å². The van der Waals surface area contributed by atoms with Crippen LogP contribution in [-0.4, -0.2) is 25.5 Å². The molecule has 0 bridgehead atoms. The zero-order chi connectivity index (χ0) is 17.3. The Kier molecular flexibility index (Phi) is 4.20. The molecule has 0 fully saturated rings. The smallest absolute Gasteiger partial charge is 0.259 e. The quantitative estimate of drug-likeness (QED) is 0.803. The molecule has 1 amide bonds. The van der Waals surface area contributed by atoms with E-state index in [0.717, 1.165) is 11.4 Å². The van der Waals surface area contributed by atoms with Crippen molar-refractivity contribution in [2.24, 2.45) is 7.05 Å². The molecule has 1 N–H and O–H groups in total. The van der Waals surface area contributed by atoms with Crippen molar-refractivity contribution in [3.63, 3.8) is 0 Å². The Hall–Kier alpha value is -2.89. The number of amides is 1. The summed E-state index contributed by atoms with van der Waals surface area (Å²) in [6, 6.07) is 8.29. The van der Waals surface area contributed by atoms with Crippen molar-refractivity contribution in [1.82, 2.24) is 19.6 Å². The van der Waals surface area contributed by atoms with Gasteiger partial charge in [-0.1, -0.05) is 29.8 Å². The molecule has 0 aliphatic heterocycles. The van der Waals surface area contributed by atoms with Crippen LogP contribution in [0.15, 0.2) is 36.7 Å². The number of hydrogen-bond acceptors (Lipinski definition) is 3. The third-order valence-corrected chi connectivity index (χ3v) is 4.05. The topological polar surface area (TPSA) is 64.7 Å². The highest BCUT2D eigenvalue weighted by molar-refractivity contribution is 6.05. The molecule has 0 aliphatic rings. The van der Waals surface area contributed by atoms with E-state index in [4.69, 9.17) is 0 Å². The molecule has 0 saturated carbocycles. The largest absolute Gasteiger partial charge is 0.319 e. The molecule has 2 aromatic heterocycles. The fraction of sp³-hybridized carbons (Fsp3) is 0.278. The third kappa shape index (κ3) is 3.22. The predicted molar refractivity (Wildman–Crippen MR) is 93.1 cm³/mol. The van der Waals surface area contributed by atoms with E-state index < -0.39 is 0 Å². The highest BCUT2D eigenvalue weighted by Crippen LogP contribution is 2.15. The van der Waals surface area contributed by atoms with Gasteiger partial charge < -0.3 is 5.32 Å². The van der Waals surface area contributed by atoms with E-state index in [0.29, 0.717) is 17.8 Å². The number of nitrogens with zero attached hydrogens (tertiary/aromatic N) is 4. The van der Waals surface area contributed by atoms with Gasteiger partial charge in [-0.2, -0.15) is 10.2 Å². The Morgan fingerprint density at radius 1 is 1.25 bits per heavy atom. The highest BCUT2D eigenvalue weighted by atomic mass is 16.1. The van der Waals surface area contributed by atoms with Crippen LogP contribution >= 0.6 is 0 Å². The van der Waals surface area contributed by atoms with Crippen molar-refractivity contribution in [2.75, 3.05) is 5.32 Å². The van der Waals surface area contributed by atoms with Crippen LogP contribution in [0, 0.1) is 20.8 Å². The molecule has 24 heavy (non-hydrogen) atoms. The van der Waals surface area contributed by atoms with Gasteiger partial charge in [-0.3, -0.25) is 14.2 Å². The van der Waals surface area contributed by atoms with E-state index in [9.17, 15) is 4.79 Å². The first-order valence-electron chi connectivity index (χ1n) is 7.83. The van der Waals surface area contributed by atoms with E-state index in [1.165, 1.54) is 11.1 Å². The van der Waals surface area contributed by atoms with E-state index in [1.54, 1.807) is 10.9 Å². The fourth-order valence-electron chi connectivity index (χ4n) is 2.81. The lowest BCUT2D eigenvalue weighted by atomic mass is 10.1. The van der Waals surface area contributed by atoms with Gasteiger partial charge in [-0.15, -0.1) is 0 Å². The summed E-state index contributed by atoms with van der Waals surface area (Å²) in [6.45, 7) is 6.46. The molecule has 3 aromatic rings. The molecule has 0 radical (unpaired) electrons. The standard InChI is InChI=1S/C18H21N5O/c1-12-6-5-7-15(8-12)10-23-11-16(9-19-23)20-18(24)17-13(2)21-22(4)14(17)3/h5-9,11H,10H2,1-4H3,(H,20,24). The van der Waals surface area contributed by atoms with Crippen molar-refractivity contribution in [1.29, 1.82) is 0 Å². The number of hydrogen-bond donors (Lipinski definition) is 1. The van der Waals surface area contributed by atoms with Crippen molar-refractivity contribution < 1.29 is 4.79 Å². The molecular weight excluding hydrogens is 302 g/mol. The Labute approximate surface area is 141 Å². The summed E-state index contributed by atoms with van der Waals surface area (Å²) in [6.07, 6.45) is 3.50. The second kappa shape index (κ2) is 6.31. The number of carbonyl (C=O) groups excluding carboxylic acids is 1. The summed E-state index contributed by atoms with van der Waals surface area (Å²) in [5, 5.41) is 11.5. The number of nitrogens with one attached hydrogen (secondary N) is 1. The molecule has 0 aliphatic carbocycles. The Balaban J connectivity index is 1.73. The third-order valence-electron chi connectivity index (χ3n) is 4.05. The van der Waals surface area contributed by atoms with Crippen molar-refractivity contribution in [3.8, 4) is 0 Å². The zero-order valence-corrected chi connectivity index (χ0v) is 14.4. The molecule has 0 unspecified atom stereocenters. The van der Waals surface area contributed by atoms with Crippen LogP contribution in [0.2, 0.25) is 0 Å². The lowest BCUT2D eigenvalue weighted by molar-refractivity contribution is 0.102. The van der Waals surface area contributed by atoms with E-state index in [2.05, 4.69) is 40.6 Å². The summed E-state index contributed by atoms with van der Waals surface area (Å²) in [7, 11) is 1.83. The van der Waals surface area contributed by atoms with Crippen LogP contribution in [0.3, 0.4) is 0 Å². The fourth-order valence-corrected chi connectivity index (χ4v) is 2.81. The Bertz CT molecular complexity index is 891. The number of carbonyl (C=O) groups is 1. The number of benzene rings is 1. The van der Waals surface area contributed by atoms with Crippen LogP contribution in [0.25, 0.3) is 0 Å². The zero-order valence-electron chi connectivity index (χ0n) is 14.4. The van der Waals surface area contributed by atoms with Crippen LogP contribution < -0.4 is 5.32 Å². The van der Waals surface area contributed by atoms with Crippen molar-refractivity contribution >= 4 is 11.6 Å². The van der Waals surface area contributed by atoms with E-state index in [1.807, 2.05) is 37.8 Å². The highest BCUT2D eigenvalue weighted by Gasteiger charge is 2.17. The minimum atomic E-state index is -0.159. The molecule has 0 atom stereocenters. The van der Waals surface area contributed by atoms with Crippen LogP contribution in [-0.2, 0) is 13.6 Å². The number of aryl methyl sites for hydroxylation is 3. The summed E-state index contributed by atoms with van der Waals surface area (Å²) < 4.78 is 3.53. The van der Waals surface area contributed by atoms with Gasteiger partial charge in [0.1, 0.15) is 0 Å². The minimum absolute atomic E-state index is 0.159. The summed E-state index contributed by atoms with van der Waals surface area (Å²) in [5.74, 6) is -0.159. The number of rotatable bonds is 4. The molecule has 1 aromatic carbocycles. The minimum Gasteiger partial charge on any atom is -0.319 e. The van der Waals surface area contributed by atoms with Gasteiger partial charge in [0, 0.05) is 18.9 Å². The number of anilines is 1. The maximum atomic E-state index is 12.5. The Morgan fingerprint density at radius 2 is 2.04 bits per heavy atom. The molecule has 3 rings (SSSR count). The average Bonchev–Trinajstić information content (AvgIpc) is 3.04. The number of aromatic nitrogens is 4. The molecule has 2 heterocycles. The monoisotopic (exact) mass is 323 g/mol. The summed E-state index contributed by atoms with van der Waals surface area (Å²) in [5.41, 5.74) is 5.25. The first-order chi connectivity index (χ1) is 11.4. The van der Waals surface area contributed by atoms with E-state index >= 15 is 0 Å². The maximum Gasteiger partial charge on any atom is 0.259 e. The van der Waals surface area contributed by atoms with Crippen LogP contribution in [0.4, 0.5) is 5.69 Å². The van der Waals surface area contributed by atoms with Crippen molar-refractivity contribution in [3.05, 3.63) is 64.7 Å². The first kappa shape index (κ1) is 16.0. The predicted octanol–water partition coefficient (Wildman–Crippen LogP) is 2.84.